The van der Waals surface area contributed by atoms with Gasteiger partial charge in [0.05, 0.1) is 20.8 Å². The van der Waals surface area contributed by atoms with Crippen molar-refractivity contribution >= 4 is 45.2 Å². The molecule has 0 bridgehead atoms. The standard InChI is InChI=1S/C21H15N3S/c1-2-11-24-20-18(12-14-7-3-5-9-16(14)22-20)25-19-13-15-8-4-6-10-17(15)23-21(19)24/h2-10,12-13H,1,11H2. The van der Waals surface area contributed by atoms with Crippen LogP contribution in [-0.2, 0) is 0 Å². The van der Waals surface area contributed by atoms with E-state index in [0.717, 1.165) is 43.2 Å². The van der Waals surface area contributed by atoms with Crippen molar-refractivity contribution in [1.82, 2.24) is 9.97 Å². The Morgan fingerprint density at radius 1 is 0.840 bits per heavy atom. The number of anilines is 2. The number of pyridine rings is 2. The fourth-order valence-corrected chi connectivity index (χ4v) is 4.33. The molecule has 0 unspecified atom stereocenters. The quantitative estimate of drug-likeness (QED) is 0.446. The zero-order chi connectivity index (χ0) is 16.8. The van der Waals surface area contributed by atoms with E-state index in [9.17, 15) is 0 Å². The van der Waals surface area contributed by atoms with Gasteiger partial charge in [0.15, 0.2) is 0 Å². The van der Waals surface area contributed by atoms with Gasteiger partial charge in [0.25, 0.3) is 0 Å². The molecule has 0 fully saturated rings. The number of hydrogen-bond donors (Lipinski definition) is 0. The minimum absolute atomic E-state index is 0.678. The van der Waals surface area contributed by atoms with Crippen molar-refractivity contribution in [2.24, 2.45) is 0 Å². The number of hydrogen-bond acceptors (Lipinski definition) is 4. The lowest BCUT2D eigenvalue weighted by Gasteiger charge is -2.30. The summed E-state index contributed by atoms with van der Waals surface area (Å²) in [4.78, 5) is 14.3. The molecule has 25 heavy (non-hydrogen) atoms. The summed E-state index contributed by atoms with van der Waals surface area (Å²) in [6.07, 6.45) is 1.90. The smallest absolute Gasteiger partial charge is 0.149 e. The molecule has 4 aromatic rings. The van der Waals surface area contributed by atoms with E-state index < -0.39 is 0 Å². The van der Waals surface area contributed by atoms with Crippen LogP contribution in [0.4, 0.5) is 11.6 Å². The molecule has 0 atom stereocenters. The maximum atomic E-state index is 4.91. The summed E-state index contributed by atoms with van der Waals surface area (Å²) in [6.45, 7) is 4.60. The maximum Gasteiger partial charge on any atom is 0.149 e. The van der Waals surface area contributed by atoms with E-state index in [-0.39, 0.29) is 0 Å². The Morgan fingerprint density at radius 3 is 1.88 bits per heavy atom. The SMILES string of the molecule is C=CCN1c2nc3ccccc3cc2Sc2cc3ccccc3nc21. The van der Waals surface area contributed by atoms with Gasteiger partial charge < -0.3 is 4.90 Å². The Kier molecular flexibility index (Phi) is 3.25. The Bertz CT molecular complexity index is 1050. The number of benzene rings is 2. The number of para-hydroxylation sites is 2. The van der Waals surface area contributed by atoms with E-state index in [4.69, 9.17) is 9.97 Å². The molecule has 1 aliphatic rings. The van der Waals surface area contributed by atoms with Gasteiger partial charge >= 0.3 is 0 Å². The van der Waals surface area contributed by atoms with Gasteiger partial charge in [0.1, 0.15) is 11.6 Å². The zero-order valence-electron chi connectivity index (χ0n) is 13.5. The number of fused-ring (bicyclic) bond motifs is 4. The van der Waals surface area contributed by atoms with Gasteiger partial charge in [-0.2, -0.15) is 0 Å². The maximum absolute atomic E-state index is 4.91. The number of rotatable bonds is 2. The summed E-state index contributed by atoms with van der Waals surface area (Å²) < 4.78 is 0. The second kappa shape index (κ2) is 5.60. The first kappa shape index (κ1) is 14.5. The minimum Gasteiger partial charge on any atom is -0.305 e. The van der Waals surface area contributed by atoms with Gasteiger partial charge in [-0.3, -0.25) is 0 Å². The van der Waals surface area contributed by atoms with Crippen molar-refractivity contribution in [1.29, 1.82) is 0 Å². The summed E-state index contributed by atoms with van der Waals surface area (Å²) in [5.74, 6) is 1.91. The van der Waals surface area contributed by atoms with Crippen molar-refractivity contribution in [2.75, 3.05) is 11.4 Å². The van der Waals surface area contributed by atoms with Crippen LogP contribution in [0.5, 0.6) is 0 Å². The molecule has 0 saturated heterocycles. The Balaban J connectivity index is 1.78. The van der Waals surface area contributed by atoms with E-state index in [1.54, 1.807) is 11.8 Å². The second-order valence-corrected chi connectivity index (χ2v) is 7.09. The van der Waals surface area contributed by atoms with Gasteiger partial charge in [-0.25, -0.2) is 9.97 Å². The zero-order valence-corrected chi connectivity index (χ0v) is 14.3. The third-order valence-electron chi connectivity index (χ3n) is 4.38. The van der Waals surface area contributed by atoms with Crippen molar-refractivity contribution in [3.8, 4) is 0 Å². The third-order valence-corrected chi connectivity index (χ3v) is 5.42. The molecule has 1 aliphatic heterocycles. The lowest BCUT2D eigenvalue weighted by Crippen LogP contribution is -2.23. The molecule has 0 radical (unpaired) electrons. The van der Waals surface area contributed by atoms with Crippen molar-refractivity contribution in [2.45, 2.75) is 9.79 Å². The molecular formula is C21H15N3S. The van der Waals surface area contributed by atoms with E-state index in [1.165, 1.54) is 0 Å². The monoisotopic (exact) mass is 341 g/mol. The fraction of sp³-hybridized carbons (Fsp3) is 0.0476. The molecule has 4 heteroatoms. The van der Waals surface area contributed by atoms with Gasteiger partial charge in [-0.05, 0) is 24.3 Å². The van der Waals surface area contributed by atoms with Crippen LogP contribution in [0.25, 0.3) is 21.8 Å². The Morgan fingerprint density at radius 2 is 1.36 bits per heavy atom. The lowest BCUT2D eigenvalue weighted by molar-refractivity contribution is 0.968. The summed E-state index contributed by atoms with van der Waals surface area (Å²) in [7, 11) is 0. The Labute approximate surface area is 150 Å². The molecule has 5 rings (SSSR count). The molecule has 2 aromatic carbocycles. The first-order valence-electron chi connectivity index (χ1n) is 8.19. The molecule has 0 N–H and O–H groups in total. The normalized spacial score (nSPS) is 12.9. The summed E-state index contributed by atoms with van der Waals surface area (Å²) in [5.41, 5.74) is 2.00. The van der Waals surface area contributed by atoms with Gasteiger partial charge in [0, 0.05) is 17.3 Å². The lowest BCUT2D eigenvalue weighted by atomic mass is 10.2. The van der Waals surface area contributed by atoms with Crippen LogP contribution in [-0.4, -0.2) is 16.5 Å². The summed E-state index contributed by atoms with van der Waals surface area (Å²) >= 11 is 1.74. The molecule has 0 saturated carbocycles. The predicted molar refractivity (Wildman–Crippen MR) is 105 cm³/mol. The average Bonchev–Trinajstić information content (AvgIpc) is 2.65. The third kappa shape index (κ3) is 2.29. The second-order valence-electron chi connectivity index (χ2n) is 6.01. The van der Waals surface area contributed by atoms with Crippen LogP contribution >= 0.6 is 11.8 Å². The topological polar surface area (TPSA) is 29.0 Å². The van der Waals surface area contributed by atoms with Crippen LogP contribution in [0.1, 0.15) is 0 Å². The van der Waals surface area contributed by atoms with Gasteiger partial charge in [-0.15, -0.1) is 6.58 Å². The highest BCUT2D eigenvalue weighted by molar-refractivity contribution is 7.99. The molecule has 2 aromatic heterocycles. The van der Waals surface area contributed by atoms with Crippen LogP contribution in [0.3, 0.4) is 0 Å². The predicted octanol–water partition coefficient (Wildman–Crippen LogP) is 5.57. The van der Waals surface area contributed by atoms with Crippen molar-refractivity contribution in [3.63, 3.8) is 0 Å². The molecule has 0 spiro atoms. The molecule has 3 heterocycles. The van der Waals surface area contributed by atoms with Crippen molar-refractivity contribution < 1.29 is 0 Å². The summed E-state index contributed by atoms with van der Waals surface area (Å²) in [6, 6.07) is 20.9. The fourth-order valence-electron chi connectivity index (χ4n) is 3.23. The van der Waals surface area contributed by atoms with Gasteiger partial charge in [-0.1, -0.05) is 54.2 Å². The van der Waals surface area contributed by atoms with E-state index in [2.05, 4.69) is 60.0 Å². The minimum atomic E-state index is 0.678. The molecule has 120 valence electrons. The molecule has 3 nitrogen and oxygen atoms in total. The molecular weight excluding hydrogens is 326 g/mol. The highest BCUT2D eigenvalue weighted by Gasteiger charge is 2.26. The van der Waals surface area contributed by atoms with Crippen LogP contribution < -0.4 is 4.90 Å². The van der Waals surface area contributed by atoms with Crippen LogP contribution in [0.15, 0.2) is 83.1 Å². The van der Waals surface area contributed by atoms with E-state index in [0.29, 0.717) is 6.54 Å². The Hall–Kier alpha value is -2.85. The van der Waals surface area contributed by atoms with E-state index in [1.807, 2.05) is 18.2 Å². The largest absolute Gasteiger partial charge is 0.305 e. The average molecular weight is 341 g/mol. The van der Waals surface area contributed by atoms with Crippen LogP contribution in [0.2, 0.25) is 0 Å². The van der Waals surface area contributed by atoms with Crippen molar-refractivity contribution in [3.05, 3.63) is 73.3 Å². The van der Waals surface area contributed by atoms with Gasteiger partial charge in [0.2, 0.25) is 0 Å². The highest BCUT2D eigenvalue weighted by atomic mass is 32.2. The number of aromatic nitrogens is 2. The first-order valence-corrected chi connectivity index (χ1v) is 9.01. The highest BCUT2D eigenvalue weighted by Crippen LogP contribution is 2.47. The molecule has 0 aliphatic carbocycles. The van der Waals surface area contributed by atoms with Crippen LogP contribution in [0, 0.1) is 0 Å². The summed E-state index contributed by atoms with van der Waals surface area (Å²) in [5, 5.41) is 2.31. The van der Waals surface area contributed by atoms with E-state index >= 15 is 0 Å². The number of nitrogens with zero attached hydrogens (tertiary/aromatic N) is 3. The first-order chi connectivity index (χ1) is 12.3. The molecule has 0 amide bonds.